The van der Waals surface area contributed by atoms with Crippen molar-refractivity contribution in [3.63, 3.8) is 0 Å². The molecule has 1 heterocycles. The van der Waals surface area contributed by atoms with Crippen molar-refractivity contribution >= 4 is 11.3 Å². The van der Waals surface area contributed by atoms with Gasteiger partial charge in [-0.05, 0) is 37.6 Å². The Balaban J connectivity index is 1.78. The van der Waals surface area contributed by atoms with Crippen LogP contribution in [0.1, 0.15) is 41.6 Å². The van der Waals surface area contributed by atoms with Crippen LogP contribution >= 0.6 is 11.3 Å². The second-order valence-electron chi connectivity index (χ2n) is 5.52. The fourth-order valence-electron chi connectivity index (χ4n) is 3.63. The number of fused-ring (bicyclic) bond motifs is 1. The molecule has 6 heteroatoms. The summed E-state index contributed by atoms with van der Waals surface area (Å²) in [6.07, 6.45) is 2.09. The monoisotopic (exact) mass is 290 g/mol. The third kappa shape index (κ3) is 2.40. The van der Waals surface area contributed by atoms with Crippen molar-refractivity contribution in [2.24, 2.45) is 17.8 Å². The molecule has 1 aromatic heterocycles. The van der Waals surface area contributed by atoms with Gasteiger partial charge in [0.05, 0.1) is 0 Å². The number of nitrogens with zero attached hydrogens (tertiary/aromatic N) is 1. The number of thiazole rings is 1. The smallest absolute Gasteiger partial charge is 0.312 e. The Morgan fingerprint density at radius 2 is 1.95 bits per heavy atom. The van der Waals surface area contributed by atoms with E-state index in [2.05, 4.69) is 10.3 Å². The zero-order valence-electron chi connectivity index (χ0n) is 10.7. The van der Waals surface area contributed by atoms with Gasteiger partial charge in [0.1, 0.15) is 0 Å². The lowest BCUT2D eigenvalue weighted by Crippen LogP contribution is -2.18. The van der Waals surface area contributed by atoms with E-state index >= 15 is 0 Å². The number of nitrogens with one attached hydrogen (secondary N) is 1. The van der Waals surface area contributed by atoms with E-state index in [9.17, 15) is 13.2 Å². The summed E-state index contributed by atoms with van der Waals surface area (Å²) in [4.78, 5) is 4.27. The molecule has 0 amide bonds. The first-order chi connectivity index (χ1) is 9.02. The maximum atomic E-state index is 12.6. The second-order valence-corrected chi connectivity index (χ2v) is 6.58. The summed E-state index contributed by atoms with van der Waals surface area (Å²) in [6.45, 7) is 0. The Morgan fingerprint density at radius 3 is 2.42 bits per heavy atom. The highest BCUT2D eigenvalue weighted by atomic mass is 32.1. The summed E-state index contributed by atoms with van der Waals surface area (Å²) >= 11 is 0.788. The van der Waals surface area contributed by atoms with Gasteiger partial charge in [0.2, 0.25) is 0 Å². The highest BCUT2D eigenvalue weighted by Crippen LogP contribution is 2.60. The fourth-order valence-corrected chi connectivity index (χ4v) is 4.58. The molecule has 0 bridgehead atoms. The zero-order valence-corrected chi connectivity index (χ0v) is 11.5. The van der Waals surface area contributed by atoms with Gasteiger partial charge in [-0.25, -0.2) is 4.98 Å². The van der Waals surface area contributed by atoms with Crippen LogP contribution in [0.5, 0.6) is 0 Å². The quantitative estimate of drug-likeness (QED) is 0.914. The van der Waals surface area contributed by atoms with Crippen molar-refractivity contribution in [1.29, 1.82) is 0 Å². The van der Waals surface area contributed by atoms with Crippen LogP contribution in [0.3, 0.4) is 0 Å². The molecule has 0 saturated heterocycles. The Labute approximate surface area is 114 Å². The second kappa shape index (κ2) is 4.74. The molecule has 0 spiro atoms. The lowest BCUT2D eigenvalue weighted by molar-refractivity contribution is -0.137. The first-order valence-corrected chi connectivity index (χ1v) is 7.54. The van der Waals surface area contributed by atoms with Crippen LogP contribution in [0.15, 0.2) is 6.20 Å². The van der Waals surface area contributed by atoms with Gasteiger partial charge < -0.3 is 5.32 Å². The molecule has 3 unspecified atom stereocenters. The van der Waals surface area contributed by atoms with Crippen LogP contribution in [0.2, 0.25) is 0 Å². The maximum absolute atomic E-state index is 12.6. The van der Waals surface area contributed by atoms with Gasteiger partial charge in [0.25, 0.3) is 0 Å². The fraction of sp³-hybridized carbons (Fsp3) is 0.769. The van der Waals surface area contributed by atoms with Crippen LogP contribution in [-0.4, -0.2) is 12.0 Å². The van der Waals surface area contributed by atoms with Crippen molar-refractivity contribution in [2.75, 3.05) is 7.05 Å². The first-order valence-electron chi connectivity index (χ1n) is 6.72. The molecular weight excluding hydrogens is 273 g/mol. The third-order valence-corrected chi connectivity index (χ3v) is 5.62. The van der Waals surface area contributed by atoms with Gasteiger partial charge >= 0.3 is 6.18 Å². The van der Waals surface area contributed by atoms with Gasteiger partial charge in [-0.1, -0.05) is 12.8 Å². The predicted octanol–water partition coefficient (Wildman–Crippen LogP) is 3.86. The average Bonchev–Trinajstić information content (AvgIpc) is 2.84. The van der Waals surface area contributed by atoms with E-state index in [4.69, 9.17) is 0 Å². The molecule has 106 valence electrons. The number of halogens is 3. The average molecular weight is 290 g/mol. The lowest BCUT2D eigenvalue weighted by atomic mass is 10.0. The standard InChI is InChI=1S/C13H17F3N2S/c1-17-11(10-7-4-2-3-5-8(7)10)9-6-18-12(19-9)13(14,15)16/h6-8,10-11,17H,2-5H2,1H3. The summed E-state index contributed by atoms with van der Waals surface area (Å²) in [5, 5.41) is 2.47. The SMILES string of the molecule is CNC(c1cnc(C(F)(F)F)s1)C1C2CCCCC21. The summed E-state index contributed by atoms with van der Waals surface area (Å²) in [5.74, 6) is 1.93. The molecule has 19 heavy (non-hydrogen) atoms. The maximum Gasteiger partial charge on any atom is 0.443 e. The minimum absolute atomic E-state index is 0.0432. The third-order valence-electron chi connectivity index (χ3n) is 4.49. The topological polar surface area (TPSA) is 24.9 Å². The molecule has 2 nitrogen and oxygen atoms in total. The Kier molecular flexibility index (Phi) is 3.33. The van der Waals surface area contributed by atoms with Gasteiger partial charge in [-0.15, -0.1) is 11.3 Å². The van der Waals surface area contributed by atoms with Crippen LogP contribution in [0, 0.1) is 17.8 Å². The molecule has 2 fully saturated rings. The van der Waals surface area contributed by atoms with E-state index in [-0.39, 0.29) is 6.04 Å². The normalized spacial score (nSPS) is 31.9. The number of rotatable bonds is 3. The molecule has 2 aliphatic carbocycles. The van der Waals surface area contributed by atoms with Crippen LogP contribution in [0.4, 0.5) is 13.2 Å². The summed E-state index contributed by atoms with van der Waals surface area (Å²) < 4.78 is 37.8. The van der Waals surface area contributed by atoms with E-state index in [0.717, 1.165) is 16.2 Å². The summed E-state index contributed by atoms with van der Waals surface area (Å²) in [7, 11) is 1.84. The number of aromatic nitrogens is 1. The van der Waals surface area contributed by atoms with Gasteiger partial charge in [0.15, 0.2) is 5.01 Å². The highest BCUT2D eigenvalue weighted by Gasteiger charge is 2.54. The van der Waals surface area contributed by atoms with Crippen molar-refractivity contribution in [3.8, 4) is 0 Å². The molecule has 3 atom stereocenters. The molecule has 0 aromatic carbocycles. The van der Waals surface area contributed by atoms with Gasteiger partial charge in [-0.3, -0.25) is 0 Å². The largest absolute Gasteiger partial charge is 0.443 e. The van der Waals surface area contributed by atoms with Gasteiger partial charge in [-0.2, -0.15) is 13.2 Å². The van der Waals surface area contributed by atoms with Crippen molar-refractivity contribution < 1.29 is 13.2 Å². The molecule has 1 aromatic rings. The highest BCUT2D eigenvalue weighted by molar-refractivity contribution is 7.11. The molecule has 2 saturated carbocycles. The van der Waals surface area contributed by atoms with Gasteiger partial charge in [0, 0.05) is 17.1 Å². The minimum Gasteiger partial charge on any atom is -0.312 e. The number of hydrogen-bond donors (Lipinski definition) is 1. The van der Waals surface area contributed by atoms with E-state index in [0.29, 0.717) is 17.8 Å². The van der Waals surface area contributed by atoms with Crippen molar-refractivity contribution in [3.05, 3.63) is 16.1 Å². The minimum atomic E-state index is -4.32. The van der Waals surface area contributed by atoms with E-state index in [1.54, 1.807) is 0 Å². The summed E-state index contributed by atoms with van der Waals surface area (Å²) in [5.41, 5.74) is 0. The van der Waals surface area contributed by atoms with E-state index in [1.165, 1.54) is 31.9 Å². The number of hydrogen-bond acceptors (Lipinski definition) is 3. The summed E-state index contributed by atoms with van der Waals surface area (Å²) in [6, 6.07) is 0.0432. The molecule has 0 radical (unpaired) electrons. The molecule has 2 aliphatic rings. The predicted molar refractivity (Wildman–Crippen MR) is 67.9 cm³/mol. The first kappa shape index (κ1) is 13.4. The van der Waals surface area contributed by atoms with Crippen LogP contribution in [-0.2, 0) is 6.18 Å². The van der Waals surface area contributed by atoms with Crippen molar-refractivity contribution in [2.45, 2.75) is 37.9 Å². The Bertz CT molecular complexity index is 445. The molecule has 3 rings (SSSR count). The van der Waals surface area contributed by atoms with Crippen molar-refractivity contribution in [1.82, 2.24) is 10.3 Å². The van der Waals surface area contributed by atoms with Crippen LogP contribution in [0.25, 0.3) is 0 Å². The van der Waals surface area contributed by atoms with E-state index in [1.807, 2.05) is 7.05 Å². The lowest BCUT2D eigenvalue weighted by Gasteiger charge is -2.14. The Morgan fingerprint density at radius 1 is 1.32 bits per heavy atom. The molecular formula is C13H17F3N2S. The molecule has 1 N–H and O–H groups in total. The Hall–Kier alpha value is -0.620. The molecule has 0 aliphatic heterocycles. The zero-order chi connectivity index (χ0) is 13.6. The number of alkyl halides is 3. The van der Waals surface area contributed by atoms with Crippen LogP contribution < -0.4 is 5.32 Å². The van der Waals surface area contributed by atoms with E-state index < -0.39 is 11.2 Å².